The highest BCUT2D eigenvalue weighted by atomic mass is 16.7. The van der Waals surface area contributed by atoms with Crippen molar-refractivity contribution in [3.63, 3.8) is 0 Å². The van der Waals surface area contributed by atoms with E-state index in [1.807, 2.05) is 12.1 Å². The van der Waals surface area contributed by atoms with Gasteiger partial charge >= 0.3 is 5.97 Å². The van der Waals surface area contributed by atoms with Gasteiger partial charge in [-0.1, -0.05) is 38.3 Å². The summed E-state index contributed by atoms with van der Waals surface area (Å²) in [5.74, 6) is 0.326. The molecule has 1 heterocycles. The smallest absolute Gasteiger partial charge is 0.336 e. The van der Waals surface area contributed by atoms with E-state index in [1.165, 1.54) is 37.5 Å². The van der Waals surface area contributed by atoms with Gasteiger partial charge in [0.05, 0.1) is 18.1 Å². The van der Waals surface area contributed by atoms with Gasteiger partial charge < -0.3 is 14.2 Å². The second-order valence-corrected chi connectivity index (χ2v) is 7.53. The molecule has 1 saturated heterocycles. The van der Waals surface area contributed by atoms with Crippen LogP contribution < -0.4 is 4.74 Å². The predicted molar refractivity (Wildman–Crippen MR) is 116 cm³/mol. The van der Waals surface area contributed by atoms with Gasteiger partial charge in [-0.15, -0.1) is 0 Å². The van der Waals surface area contributed by atoms with Crippen molar-refractivity contribution in [3.05, 3.63) is 75.8 Å². The number of carbonyl (C=O) groups is 1. The number of hydrogen-bond acceptors (Lipinski definition) is 6. The third-order valence-corrected chi connectivity index (χ3v) is 5.07. The monoisotopic (exact) mass is 425 g/mol. The van der Waals surface area contributed by atoms with E-state index in [0.717, 1.165) is 12.0 Å². The third kappa shape index (κ3) is 7.01. The van der Waals surface area contributed by atoms with Crippen LogP contribution in [0.4, 0.5) is 5.69 Å². The highest BCUT2D eigenvalue weighted by Crippen LogP contribution is 2.28. The molecule has 0 bridgehead atoms. The number of ether oxygens (including phenoxy) is 3. The summed E-state index contributed by atoms with van der Waals surface area (Å²) in [6.45, 7) is 3.58. The van der Waals surface area contributed by atoms with Crippen LogP contribution >= 0.6 is 0 Å². The molecule has 0 radical (unpaired) electrons. The van der Waals surface area contributed by atoms with E-state index in [0.29, 0.717) is 30.4 Å². The van der Waals surface area contributed by atoms with Crippen molar-refractivity contribution in [2.24, 2.45) is 5.92 Å². The Hall–Kier alpha value is -3.03. The zero-order valence-electron chi connectivity index (χ0n) is 17.6. The molecule has 0 atom stereocenters. The van der Waals surface area contributed by atoms with Gasteiger partial charge in [-0.2, -0.15) is 0 Å². The lowest BCUT2D eigenvalue weighted by atomic mass is 10.0. The molecule has 0 saturated carbocycles. The van der Waals surface area contributed by atoms with Crippen LogP contribution in [0.5, 0.6) is 5.75 Å². The first-order valence-electron chi connectivity index (χ1n) is 10.5. The van der Waals surface area contributed by atoms with Crippen LogP contribution in [0, 0.1) is 16.0 Å². The number of nitro benzene ring substituents is 1. The van der Waals surface area contributed by atoms with Crippen LogP contribution in [0.15, 0.2) is 54.6 Å². The van der Waals surface area contributed by atoms with Crippen molar-refractivity contribution in [1.29, 1.82) is 0 Å². The van der Waals surface area contributed by atoms with Crippen molar-refractivity contribution in [3.8, 4) is 5.75 Å². The Kier molecular flexibility index (Phi) is 8.32. The molecule has 0 amide bonds. The molecule has 2 aromatic rings. The second kappa shape index (κ2) is 11.4. The topological polar surface area (TPSA) is 87.9 Å². The number of esters is 1. The standard InChI is InChI=1S/C24H27NO6/c1-2-3-4-5-19-16-29-24(30-17-19)20-9-13-22(14-10-20)31-23(26)15-8-18-6-11-21(12-7-18)25(27)28/h6-15,19,24H,2-5,16-17H2,1H3. The van der Waals surface area contributed by atoms with Crippen LogP contribution in [0.1, 0.15) is 50.0 Å². The largest absolute Gasteiger partial charge is 0.423 e. The quantitative estimate of drug-likeness (QED) is 0.132. The zero-order chi connectivity index (χ0) is 22.1. The van der Waals surface area contributed by atoms with Crippen LogP contribution in [0.2, 0.25) is 0 Å². The number of non-ortho nitro benzene ring substituents is 1. The molecule has 31 heavy (non-hydrogen) atoms. The van der Waals surface area contributed by atoms with Crippen LogP contribution in [-0.2, 0) is 14.3 Å². The fourth-order valence-electron chi connectivity index (χ4n) is 3.30. The normalized spacial score (nSPS) is 18.7. The molecule has 0 spiro atoms. The number of unbranched alkanes of at least 4 members (excludes halogenated alkanes) is 2. The second-order valence-electron chi connectivity index (χ2n) is 7.53. The maximum Gasteiger partial charge on any atom is 0.336 e. The first-order chi connectivity index (χ1) is 15.0. The summed E-state index contributed by atoms with van der Waals surface area (Å²) in [5.41, 5.74) is 1.54. The first-order valence-corrected chi connectivity index (χ1v) is 10.5. The molecular formula is C24H27NO6. The lowest BCUT2D eigenvalue weighted by Crippen LogP contribution is -2.27. The van der Waals surface area contributed by atoms with Gasteiger partial charge in [0.25, 0.3) is 5.69 Å². The van der Waals surface area contributed by atoms with Gasteiger partial charge in [-0.05, 0) is 42.3 Å². The number of nitro groups is 1. The van der Waals surface area contributed by atoms with E-state index >= 15 is 0 Å². The average Bonchev–Trinajstić information content (AvgIpc) is 2.79. The predicted octanol–water partition coefficient (Wildman–Crippen LogP) is 5.46. The fraction of sp³-hybridized carbons (Fsp3) is 0.375. The lowest BCUT2D eigenvalue weighted by molar-refractivity contribution is -0.384. The van der Waals surface area contributed by atoms with Crippen molar-refractivity contribution in [2.45, 2.75) is 38.9 Å². The summed E-state index contributed by atoms with van der Waals surface area (Å²) in [7, 11) is 0. The summed E-state index contributed by atoms with van der Waals surface area (Å²) in [6.07, 6.45) is 7.21. The lowest BCUT2D eigenvalue weighted by Gasteiger charge is -2.29. The van der Waals surface area contributed by atoms with E-state index in [9.17, 15) is 14.9 Å². The number of rotatable bonds is 9. The molecule has 7 heteroatoms. The van der Waals surface area contributed by atoms with E-state index in [4.69, 9.17) is 14.2 Å². The van der Waals surface area contributed by atoms with Crippen molar-refractivity contribution in [1.82, 2.24) is 0 Å². The Morgan fingerprint density at radius 2 is 1.77 bits per heavy atom. The molecule has 0 aliphatic carbocycles. The van der Waals surface area contributed by atoms with Crippen molar-refractivity contribution >= 4 is 17.7 Å². The molecular weight excluding hydrogens is 398 g/mol. The van der Waals surface area contributed by atoms with Gasteiger partial charge in [0.1, 0.15) is 5.75 Å². The van der Waals surface area contributed by atoms with Crippen molar-refractivity contribution in [2.75, 3.05) is 13.2 Å². The van der Waals surface area contributed by atoms with Gasteiger partial charge in [0.2, 0.25) is 0 Å². The first kappa shape index (κ1) is 22.7. The Labute approximate surface area is 181 Å². The Balaban J connectivity index is 1.47. The van der Waals surface area contributed by atoms with Gasteiger partial charge in [-0.25, -0.2) is 4.79 Å². The Morgan fingerprint density at radius 1 is 1.10 bits per heavy atom. The minimum atomic E-state index is -0.536. The number of hydrogen-bond donors (Lipinski definition) is 0. The van der Waals surface area contributed by atoms with Gasteiger partial charge in [0.15, 0.2) is 6.29 Å². The molecule has 1 aliphatic heterocycles. The summed E-state index contributed by atoms with van der Waals surface area (Å²) in [6, 6.07) is 12.9. The minimum absolute atomic E-state index is 0.00208. The molecule has 0 N–H and O–H groups in total. The molecule has 7 nitrogen and oxygen atoms in total. The Morgan fingerprint density at radius 3 is 2.39 bits per heavy atom. The Bertz CT molecular complexity index is 883. The van der Waals surface area contributed by atoms with Gasteiger partial charge in [-0.3, -0.25) is 10.1 Å². The summed E-state index contributed by atoms with van der Waals surface area (Å²) >= 11 is 0. The van der Waals surface area contributed by atoms with E-state index in [-0.39, 0.29) is 5.69 Å². The SMILES string of the molecule is CCCCCC1COC(c2ccc(OC(=O)C=Cc3ccc([N+](=O)[O-])cc3)cc2)OC1. The third-order valence-electron chi connectivity index (χ3n) is 5.07. The molecule has 0 aromatic heterocycles. The number of benzene rings is 2. The maximum atomic E-state index is 12.0. The fourth-order valence-corrected chi connectivity index (χ4v) is 3.30. The average molecular weight is 425 g/mol. The summed E-state index contributed by atoms with van der Waals surface area (Å²) in [4.78, 5) is 22.2. The molecule has 164 valence electrons. The number of carbonyl (C=O) groups excluding carboxylic acids is 1. The van der Waals surface area contributed by atoms with E-state index in [1.54, 1.807) is 30.3 Å². The van der Waals surface area contributed by atoms with Crippen LogP contribution in [-0.4, -0.2) is 24.1 Å². The van der Waals surface area contributed by atoms with E-state index < -0.39 is 17.2 Å². The number of nitrogens with zero attached hydrogens (tertiary/aromatic N) is 1. The van der Waals surface area contributed by atoms with Crippen molar-refractivity contribution < 1.29 is 23.9 Å². The molecule has 0 unspecified atom stereocenters. The van der Waals surface area contributed by atoms with Crippen LogP contribution in [0.25, 0.3) is 6.08 Å². The zero-order valence-corrected chi connectivity index (χ0v) is 17.6. The summed E-state index contributed by atoms with van der Waals surface area (Å²) in [5, 5.41) is 10.7. The van der Waals surface area contributed by atoms with Crippen LogP contribution in [0.3, 0.4) is 0 Å². The summed E-state index contributed by atoms with van der Waals surface area (Å²) < 4.78 is 17.0. The minimum Gasteiger partial charge on any atom is -0.423 e. The molecule has 2 aromatic carbocycles. The van der Waals surface area contributed by atoms with E-state index in [2.05, 4.69) is 6.92 Å². The molecule has 1 aliphatic rings. The highest BCUT2D eigenvalue weighted by molar-refractivity contribution is 5.88. The highest BCUT2D eigenvalue weighted by Gasteiger charge is 2.23. The molecule has 1 fully saturated rings. The molecule has 3 rings (SSSR count). The van der Waals surface area contributed by atoms with Gasteiger partial charge in [0, 0.05) is 29.7 Å². The maximum absolute atomic E-state index is 12.0.